The minimum atomic E-state index is -1.10. The lowest BCUT2D eigenvalue weighted by atomic mass is 10.0. The summed E-state index contributed by atoms with van der Waals surface area (Å²) in [6.07, 6.45) is 2.00. The van der Waals surface area contributed by atoms with E-state index >= 15 is 0 Å². The zero-order valence-corrected chi connectivity index (χ0v) is 14.2. The molecule has 0 radical (unpaired) electrons. The van der Waals surface area contributed by atoms with Gasteiger partial charge >= 0.3 is 5.97 Å². The number of nitrogens with one attached hydrogen (secondary N) is 2. The van der Waals surface area contributed by atoms with Crippen LogP contribution < -0.4 is 22.1 Å². The van der Waals surface area contributed by atoms with Gasteiger partial charge in [0.15, 0.2) is 0 Å². The van der Waals surface area contributed by atoms with Crippen molar-refractivity contribution in [3.05, 3.63) is 0 Å². The maximum Gasteiger partial charge on any atom is 0.326 e. The average molecular weight is 330 g/mol. The van der Waals surface area contributed by atoms with Crippen molar-refractivity contribution in [2.24, 2.45) is 17.4 Å². The van der Waals surface area contributed by atoms with Crippen LogP contribution in [0.4, 0.5) is 0 Å². The second-order valence-electron chi connectivity index (χ2n) is 6.16. The quantitative estimate of drug-likeness (QED) is 0.324. The first-order valence-corrected chi connectivity index (χ1v) is 7.98. The molecule has 7 N–H and O–H groups in total. The Morgan fingerprint density at radius 2 is 1.57 bits per heavy atom. The molecule has 0 saturated carbocycles. The average Bonchev–Trinajstić information content (AvgIpc) is 2.44. The molecular formula is C15H30N4O4. The first kappa shape index (κ1) is 21.3. The highest BCUT2D eigenvalue weighted by Crippen LogP contribution is 2.07. The third-order valence-corrected chi connectivity index (χ3v) is 3.32. The molecule has 0 rings (SSSR count). The molecule has 0 spiro atoms. The fraction of sp³-hybridized carbons (Fsp3) is 0.800. The highest BCUT2D eigenvalue weighted by atomic mass is 16.4. The van der Waals surface area contributed by atoms with E-state index in [-0.39, 0.29) is 5.92 Å². The molecule has 0 saturated heterocycles. The largest absolute Gasteiger partial charge is 0.480 e. The number of carboxylic acids is 1. The van der Waals surface area contributed by atoms with Gasteiger partial charge in [-0.2, -0.15) is 0 Å². The van der Waals surface area contributed by atoms with Crippen LogP contribution in [0.2, 0.25) is 0 Å². The van der Waals surface area contributed by atoms with Crippen molar-refractivity contribution in [1.29, 1.82) is 0 Å². The van der Waals surface area contributed by atoms with Crippen molar-refractivity contribution >= 4 is 17.8 Å². The van der Waals surface area contributed by atoms with Crippen molar-refractivity contribution in [3.8, 4) is 0 Å². The number of amides is 2. The maximum absolute atomic E-state index is 12.3. The normalized spacial score (nSPS) is 14.9. The Kier molecular flexibility index (Phi) is 10.2. The number of rotatable bonds is 11. The standard InChI is InChI=1S/C15H30N4O4/c1-9(2)8-12(19-13(20)10(3)17)14(21)18-11(15(22)23)6-4-5-7-16/h9-12H,4-8,16-17H2,1-3H3,(H,18,21)(H,19,20)(H,22,23)/t10?,11-,12?/m1/s1. The molecule has 8 heteroatoms. The number of nitrogens with two attached hydrogens (primary N) is 2. The van der Waals surface area contributed by atoms with E-state index in [4.69, 9.17) is 11.5 Å². The Hall–Kier alpha value is -1.67. The summed E-state index contributed by atoms with van der Waals surface area (Å²) >= 11 is 0. The third kappa shape index (κ3) is 9.14. The van der Waals surface area contributed by atoms with Crippen LogP contribution in [0.5, 0.6) is 0 Å². The SMILES string of the molecule is CC(C)CC(NC(=O)C(C)N)C(=O)N[C@H](CCCCN)C(=O)O. The van der Waals surface area contributed by atoms with E-state index < -0.39 is 35.9 Å². The molecule has 2 amide bonds. The predicted molar refractivity (Wildman–Crippen MR) is 87.5 cm³/mol. The number of carboxylic acid groups (broad SMARTS) is 1. The summed E-state index contributed by atoms with van der Waals surface area (Å²) in [7, 11) is 0. The van der Waals surface area contributed by atoms with Gasteiger partial charge in [-0.3, -0.25) is 9.59 Å². The van der Waals surface area contributed by atoms with E-state index in [1.54, 1.807) is 0 Å². The fourth-order valence-electron chi connectivity index (χ4n) is 2.03. The molecule has 0 aromatic rings. The summed E-state index contributed by atoms with van der Waals surface area (Å²) in [5.74, 6) is -1.90. The molecule has 0 aliphatic heterocycles. The second-order valence-corrected chi connectivity index (χ2v) is 6.16. The third-order valence-electron chi connectivity index (χ3n) is 3.32. The predicted octanol–water partition coefficient (Wildman–Crippen LogP) is -0.437. The summed E-state index contributed by atoms with van der Waals surface area (Å²) in [6, 6.07) is -2.53. The lowest BCUT2D eigenvalue weighted by Crippen LogP contribution is -2.54. The number of unbranched alkanes of at least 4 members (excludes halogenated alkanes) is 1. The highest BCUT2D eigenvalue weighted by Gasteiger charge is 2.27. The fourth-order valence-corrected chi connectivity index (χ4v) is 2.03. The van der Waals surface area contributed by atoms with Gasteiger partial charge in [0, 0.05) is 0 Å². The molecule has 134 valence electrons. The van der Waals surface area contributed by atoms with Crippen molar-refractivity contribution in [3.63, 3.8) is 0 Å². The monoisotopic (exact) mass is 330 g/mol. The molecule has 0 aliphatic carbocycles. The van der Waals surface area contributed by atoms with Crippen LogP contribution in [-0.4, -0.2) is 47.6 Å². The minimum absolute atomic E-state index is 0.152. The van der Waals surface area contributed by atoms with Crippen molar-refractivity contribution < 1.29 is 19.5 Å². The summed E-state index contributed by atoms with van der Waals surface area (Å²) < 4.78 is 0. The first-order valence-electron chi connectivity index (χ1n) is 7.98. The topological polar surface area (TPSA) is 148 Å². The van der Waals surface area contributed by atoms with Crippen LogP contribution in [0.25, 0.3) is 0 Å². The van der Waals surface area contributed by atoms with Crippen LogP contribution in [0.3, 0.4) is 0 Å². The van der Waals surface area contributed by atoms with E-state index in [2.05, 4.69) is 10.6 Å². The van der Waals surface area contributed by atoms with E-state index in [0.29, 0.717) is 32.2 Å². The number of hydrogen-bond donors (Lipinski definition) is 5. The smallest absolute Gasteiger partial charge is 0.326 e. The lowest BCUT2D eigenvalue weighted by molar-refractivity contribution is -0.142. The number of carbonyl (C=O) groups excluding carboxylic acids is 2. The van der Waals surface area contributed by atoms with Crippen LogP contribution in [0.15, 0.2) is 0 Å². The molecule has 8 nitrogen and oxygen atoms in total. The summed E-state index contributed by atoms with van der Waals surface area (Å²) in [4.78, 5) is 35.3. The van der Waals surface area contributed by atoms with E-state index in [1.165, 1.54) is 6.92 Å². The first-order chi connectivity index (χ1) is 10.7. The molecule has 0 bridgehead atoms. The van der Waals surface area contributed by atoms with Crippen molar-refractivity contribution in [2.45, 2.75) is 64.6 Å². The Balaban J connectivity index is 4.82. The van der Waals surface area contributed by atoms with Gasteiger partial charge in [0.05, 0.1) is 6.04 Å². The summed E-state index contributed by atoms with van der Waals surface area (Å²) in [5, 5.41) is 14.3. The highest BCUT2D eigenvalue weighted by molar-refractivity contribution is 5.91. The van der Waals surface area contributed by atoms with Gasteiger partial charge in [-0.1, -0.05) is 13.8 Å². The molecule has 23 heavy (non-hydrogen) atoms. The Labute approximate surface area is 137 Å². The Bertz CT molecular complexity index is 399. The zero-order chi connectivity index (χ0) is 18.0. The molecule has 3 atom stereocenters. The van der Waals surface area contributed by atoms with Crippen molar-refractivity contribution in [2.75, 3.05) is 6.54 Å². The minimum Gasteiger partial charge on any atom is -0.480 e. The van der Waals surface area contributed by atoms with Crippen LogP contribution >= 0.6 is 0 Å². The van der Waals surface area contributed by atoms with Gasteiger partial charge in [0.2, 0.25) is 11.8 Å². The van der Waals surface area contributed by atoms with Crippen molar-refractivity contribution in [1.82, 2.24) is 10.6 Å². The molecule has 0 fully saturated rings. The van der Waals surface area contributed by atoms with Gasteiger partial charge in [0.1, 0.15) is 12.1 Å². The van der Waals surface area contributed by atoms with E-state index in [1.807, 2.05) is 13.8 Å². The van der Waals surface area contributed by atoms with Gasteiger partial charge < -0.3 is 27.2 Å². The van der Waals surface area contributed by atoms with Gasteiger partial charge in [-0.05, 0) is 45.1 Å². The molecule has 0 aliphatic rings. The molecular weight excluding hydrogens is 300 g/mol. The zero-order valence-electron chi connectivity index (χ0n) is 14.2. The number of carbonyl (C=O) groups is 3. The number of aliphatic carboxylic acids is 1. The summed E-state index contributed by atoms with van der Waals surface area (Å²) in [6.45, 7) is 5.82. The van der Waals surface area contributed by atoms with Crippen LogP contribution in [0.1, 0.15) is 46.5 Å². The molecule has 0 aromatic carbocycles. The molecule has 0 aromatic heterocycles. The Morgan fingerprint density at radius 3 is 2.00 bits per heavy atom. The Morgan fingerprint density at radius 1 is 1.00 bits per heavy atom. The lowest BCUT2D eigenvalue weighted by Gasteiger charge is -2.23. The van der Waals surface area contributed by atoms with Crippen LogP contribution in [-0.2, 0) is 14.4 Å². The van der Waals surface area contributed by atoms with Gasteiger partial charge in [0.25, 0.3) is 0 Å². The number of hydrogen-bond acceptors (Lipinski definition) is 5. The molecule has 0 heterocycles. The summed E-state index contributed by atoms with van der Waals surface area (Å²) in [5.41, 5.74) is 10.9. The van der Waals surface area contributed by atoms with Crippen LogP contribution in [0, 0.1) is 5.92 Å². The van der Waals surface area contributed by atoms with E-state index in [9.17, 15) is 19.5 Å². The maximum atomic E-state index is 12.3. The van der Waals surface area contributed by atoms with Gasteiger partial charge in [-0.15, -0.1) is 0 Å². The molecule has 2 unspecified atom stereocenters. The van der Waals surface area contributed by atoms with Gasteiger partial charge in [-0.25, -0.2) is 4.79 Å². The second kappa shape index (κ2) is 11.0. The van der Waals surface area contributed by atoms with E-state index in [0.717, 1.165) is 0 Å².